The molecule has 0 aromatic heterocycles. The highest BCUT2D eigenvalue weighted by atomic mass is 19.1. The van der Waals surface area contributed by atoms with Crippen LogP contribution in [0.1, 0.15) is 75.8 Å². The molecule has 1 fully saturated rings. The summed E-state index contributed by atoms with van der Waals surface area (Å²) in [6.45, 7) is 2.90. The molecule has 2 nitrogen and oxygen atoms in total. The van der Waals surface area contributed by atoms with Crippen molar-refractivity contribution in [2.75, 3.05) is 0 Å². The summed E-state index contributed by atoms with van der Waals surface area (Å²) in [4.78, 5) is 0. The van der Waals surface area contributed by atoms with Crippen molar-refractivity contribution < 1.29 is 9.13 Å². The summed E-state index contributed by atoms with van der Waals surface area (Å²) in [6.07, 6.45) is 13.2. The van der Waals surface area contributed by atoms with Crippen molar-refractivity contribution in [1.82, 2.24) is 0 Å². The summed E-state index contributed by atoms with van der Waals surface area (Å²) < 4.78 is 19.1. The lowest BCUT2D eigenvalue weighted by Crippen LogP contribution is -2.20. The van der Waals surface area contributed by atoms with Gasteiger partial charge in [0.05, 0.1) is 12.7 Å². The molecule has 0 spiro atoms. The minimum absolute atomic E-state index is 0.186. The lowest BCUT2D eigenvalue weighted by Gasteiger charge is -2.26. The molecule has 0 aliphatic heterocycles. The molecule has 1 aromatic carbocycles. The van der Waals surface area contributed by atoms with E-state index in [9.17, 15) is 4.39 Å². The van der Waals surface area contributed by atoms with Crippen LogP contribution in [-0.4, -0.2) is 6.10 Å². The van der Waals surface area contributed by atoms with Crippen molar-refractivity contribution in [2.45, 2.75) is 83.8 Å². The Labute approximate surface area is 158 Å². The van der Waals surface area contributed by atoms with Crippen LogP contribution in [0.5, 0.6) is 0 Å². The molecule has 0 N–H and O–H groups in total. The summed E-state index contributed by atoms with van der Waals surface area (Å²) in [6, 6.07) is 10.4. The molecular weight excluding hydrogens is 325 g/mol. The van der Waals surface area contributed by atoms with E-state index in [0.29, 0.717) is 6.61 Å². The molecule has 1 saturated carbocycles. The number of nitrogens with zero attached hydrogens (tertiary/aromatic N) is 1. The first kappa shape index (κ1) is 20.6. The normalized spacial score (nSPS) is 20.7. The van der Waals surface area contributed by atoms with E-state index in [0.717, 1.165) is 25.7 Å². The van der Waals surface area contributed by atoms with Gasteiger partial charge in [-0.15, -0.1) is 0 Å². The first-order valence-electron chi connectivity index (χ1n) is 10.2. The first-order valence-corrected chi connectivity index (χ1v) is 10.2. The van der Waals surface area contributed by atoms with Crippen molar-refractivity contribution in [3.8, 4) is 6.07 Å². The zero-order valence-electron chi connectivity index (χ0n) is 16.1. The maximum atomic E-state index is 13.0. The SMILES string of the molecule is CCCCCCCc1ccc(CO[C@H]2CC[C@H](C=C(F)C#N)CC2)cc1. The molecule has 0 amide bonds. The second kappa shape index (κ2) is 11.9. The van der Waals surface area contributed by atoms with Gasteiger partial charge >= 0.3 is 0 Å². The Kier molecular flexibility index (Phi) is 9.42. The van der Waals surface area contributed by atoms with E-state index in [-0.39, 0.29) is 12.0 Å². The number of unbranched alkanes of at least 4 members (excludes halogenated alkanes) is 4. The highest BCUT2D eigenvalue weighted by molar-refractivity contribution is 5.22. The second-order valence-corrected chi connectivity index (χ2v) is 7.45. The standard InChI is InChI=1S/C23H32FNO/c1-2-3-4-5-6-7-19-8-10-21(11-9-19)18-26-23-14-12-20(13-15-23)16-22(24)17-25/h8-11,16,20,23H,2-7,12-15,18H2,1H3/t20-,23-. The number of rotatable bonds is 10. The largest absolute Gasteiger partial charge is 0.374 e. The van der Waals surface area contributed by atoms with Crippen LogP contribution in [0.2, 0.25) is 0 Å². The van der Waals surface area contributed by atoms with Crippen LogP contribution in [0.4, 0.5) is 4.39 Å². The second-order valence-electron chi connectivity index (χ2n) is 7.45. The minimum atomic E-state index is -0.653. The molecule has 0 heterocycles. The van der Waals surface area contributed by atoms with Crippen molar-refractivity contribution in [2.24, 2.45) is 5.92 Å². The summed E-state index contributed by atoms with van der Waals surface area (Å²) in [5.41, 5.74) is 2.63. The molecule has 0 unspecified atom stereocenters. The zero-order valence-corrected chi connectivity index (χ0v) is 16.1. The average Bonchev–Trinajstić information content (AvgIpc) is 2.68. The number of benzene rings is 1. The van der Waals surface area contributed by atoms with Crippen LogP contribution in [0.3, 0.4) is 0 Å². The Morgan fingerprint density at radius 2 is 1.73 bits per heavy atom. The van der Waals surface area contributed by atoms with Gasteiger partial charge < -0.3 is 4.74 Å². The zero-order chi connectivity index (χ0) is 18.6. The first-order chi connectivity index (χ1) is 12.7. The summed E-state index contributed by atoms with van der Waals surface area (Å²) in [5.74, 6) is -0.467. The van der Waals surface area contributed by atoms with Gasteiger partial charge in [-0.2, -0.15) is 9.65 Å². The summed E-state index contributed by atoms with van der Waals surface area (Å²) in [5, 5.41) is 8.51. The van der Waals surface area contributed by atoms with E-state index in [1.807, 2.05) is 0 Å². The molecule has 0 bridgehead atoms. The number of allylic oxidation sites excluding steroid dienone is 2. The van der Waals surface area contributed by atoms with Crippen molar-refractivity contribution in [3.05, 3.63) is 47.3 Å². The average molecular weight is 358 g/mol. The Morgan fingerprint density at radius 1 is 1.08 bits per heavy atom. The van der Waals surface area contributed by atoms with Crippen LogP contribution in [0.25, 0.3) is 0 Å². The van der Waals surface area contributed by atoms with Crippen molar-refractivity contribution >= 4 is 0 Å². The molecule has 142 valence electrons. The van der Waals surface area contributed by atoms with Crippen LogP contribution in [-0.2, 0) is 17.8 Å². The lowest BCUT2D eigenvalue weighted by molar-refractivity contribution is 0.0109. The van der Waals surface area contributed by atoms with Gasteiger partial charge in [0.1, 0.15) is 6.07 Å². The quantitative estimate of drug-likeness (QED) is 0.347. The number of aryl methyl sites for hydroxylation is 1. The van der Waals surface area contributed by atoms with Gasteiger partial charge in [-0.1, -0.05) is 56.9 Å². The van der Waals surface area contributed by atoms with E-state index in [1.165, 1.54) is 55.7 Å². The van der Waals surface area contributed by atoms with E-state index >= 15 is 0 Å². The van der Waals surface area contributed by atoms with Crippen LogP contribution in [0.15, 0.2) is 36.2 Å². The highest BCUT2D eigenvalue weighted by Crippen LogP contribution is 2.28. The summed E-state index contributed by atoms with van der Waals surface area (Å²) >= 11 is 0. The maximum absolute atomic E-state index is 13.0. The third-order valence-electron chi connectivity index (χ3n) is 5.29. The van der Waals surface area contributed by atoms with Crippen LogP contribution < -0.4 is 0 Å². The lowest BCUT2D eigenvalue weighted by atomic mass is 9.87. The Morgan fingerprint density at radius 3 is 2.38 bits per heavy atom. The smallest absolute Gasteiger partial charge is 0.196 e. The Bertz CT molecular complexity index is 579. The fourth-order valence-corrected chi connectivity index (χ4v) is 3.62. The van der Waals surface area contributed by atoms with Crippen LogP contribution >= 0.6 is 0 Å². The molecule has 3 heteroatoms. The minimum Gasteiger partial charge on any atom is -0.374 e. The predicted molar refractivity (Wildman–Crippen MR) is 104 cm³/mol. The maximum Gasteiger partial charge on any atom is 0.196 e. The van der Waals surface area contributed by atoms with Gasteiger partial charge in [-0.05, 0) is 61.6 Å². The van der Waals surface area contributed by atoms with E-state index in [4.69, 9.17) is 10.00 Å². The molecule has 0 radical (unpaired) electrons. The van der Waals surface area contributed by atoms with Crippen LogP contribution in [0, 0.1) is 17.2 Å². The molecule has 2 rings (SSSR count). The third-order valence-corrected chi connectivity index (χ3v) is 5.29. The van der Waals surface area contributed by atoms with Gasteiger partial charge in [-0.25, -0.2) is 0 Å². The number of hydrogen-bond acceptors (Lipinski definition) is 2. The van der Waals surface area contributed by atoms with Gasteiger partial charge in [0.25, 0.3) is 0 Å². The van der Waals surface area contributed by atoms with Crippen molar-refractivity contribution in [3.63, 3.8) is 0 Å². The molecule has 26 heavy (non-hydrogen) atoms. The fraction of sp³-hybridized carbons (Fsp3) is 0.609. The topological polar surface area (TPSA) is 33.0 Å². The molecule has 1 aromatic rings. The Hall–Kier alpha value is -1.66. The number of hydrogen-bond donors (Lipinski definition) is 0. The number of halogens is 1. The van der Waals surface area contributed by atoms with E-state index < -0.39 is 5.83 Å². The van der Waals surface area contributed by atoms with E-state index in [1.54, 1.807) is 6.07 Å². The van der Waals surface area contributed by atoms with Gasteiger partial charge in [-0.3, -0.25) is 0 Å². The van der Waals surface area contributed by atoms with Gasteiger partial charge in [0.15, 0.2) is 5.83 Å². The molecule has 0 saturated heterocycles. The Balaban J connectivity index is 1.65. The third kappa shape index (κ3) is 7.70. The van der Waals surface area contributed by atoms with Gasteiger partial charge in [0, 0.05) is 0 Å². The van der Waals surface area contributed by atoms with E-state index in [2.05, 4.69) is 31.2 Å². The fourth-order valence-electron chi connectivity index (χ4n) is 3.62. The highest BCUT2D eigenvalue weighted by Gasteiger charge is 2.20. The number of ether oxygens (including phenoxy) is 1. The van der Waals surface area contributed by atoms with Gasteiger partial charge in [0.2, 0.25) is 0 Å². The molecular formula is C23H32FNO. The molecule has 1 aliphatic rings. The molecule has 0 atom stereocenters. The number of nitriles is 1. The molecule has 1 aliphatic carbocycles. The monoisotopic (exact) mass is 357 g/mol. The van der Waals surface area contributed by atoms with Crippen molar-refractivity contribution in [1.29, 1.82) is 5.26 Å². The summed E-state index contributed by atoms with van der Waals surface area (Å²) in [7, 11) is 0. The predicted octanol–water partition coefficient (Wildman–Crippen LogP) is 6.65.